The highest BCUT2D eigenvalue weighted by Crippen LogP contribution is 2.22. The summed E-state index contributed by atoms with van der Waals surface area (Å²) in [6, 6.07) is 0.171. The molecule has 1 aromatic heterocycles. The highest BCUT2D eigenvalue weighted by molar-refractivity contribution is 7.99. The Balaban J connectivity index is 1.87. The van der Waals surface area contributed by atoms with Crippen molar-refractivity contribution in [2.24, 2.45) is 4.99 Å². The summed E-state index contributed by atoms with van der Waals surface area (Å²) < 4.78 is 1.99. The fourth-order valence-electron chi connectivity index (χ4n) is 2.34. The molecule has 2 N–H and O–H groups in total. The van der Waals surface area contributed by atoms with E-state index >= 15 is 0 Å². The predicted molar refractivity (Wildman–Crippen MR) is 87.4 cm³/mol. The number of fused-ring (bicyclic) bond motifs is 1. The number of guanidine groups is 1. The van der Waals surface area contributed by atoms with Crippen molar-refractivity contribution in [1.82, 2.24) is 25.4 Å². The van der Waals surface area contributed by atoms with Gasteiger partial charge in [-0.25, -0.2) is 9.67 Å². The molecule has 0 radical (unpaired) electrons. The largest absolute Gasteiger partial charge is 0.356 e. The van der Waals surface area contributed by atoms with Gasteiger partial charge in [-0.2, -0.15) is 5.10 Å². The van der Waals surface area contributed by atoms with Gasteiger partial charge in [-0.3, -0.25) is 4.99 Å². The number of hydrogen-bond donors (Lipinski definition) is 2. The lowest BCUT2D eigenvalue weighted by Gasteiger charge is -2.24. The van der Waals surface area contributed by atoms with Gasteiger partial charge in [-0.05, 0) is 19.8 Å². The molecule has 0 amide bonds. The molecule has 1 unspecified atom stereocenters. The normalized spacial score (nSPS) is 18.0. The van der Waals surface area contributed by atoms with E-state index in [1.165, 1.54) is 0 Å². The van der Waals surface area contributed by atoms with Gasteiger partial charge in [0, 0.05) is 25.9 Å². The molecule has 0 saturated heterocycles. The number of nitrogens with zero attached hydrogens (tertiary/aromatic N) is 4. The van der Waals surface area contributed by atoms with Crippen LogP contribution < -0.4 is 10.6 Å². The lowest BCUT2D eigenvalue weighted by atomic mass is 10.1. The van der Waals surface area contributed by atoms with Crippen molar-refractivity contribution in [2.45, 2.75) is 32.4 Å². The Morgan fingerprint density at radius 1 is 1.62 bits per heavy atom. The average Bonchev–Trinajstić information content (AvgIpc) is 2.87. The van der Waals surface area contributed by atoms with Gasteiger partial charge >= 0.3 is 0 Å². The zero-order valence-electron chi connectivity index (χ0n) is 12.6. The van der Waals surface area contributed by atoms with Gasteiger partial charge in [0.15, 0.2) is 5.96 Å². The summed E-state index contributed by atoms with van der Waals surface area (Å²) in [6.07, 6.45) is 7.37. The first-order valence-corrected chi connectivity index (χ1v) is 8.29. The summed E-state index contributed by atoms with van der Waals surface area (Å²) in [4.78, 5) is 8.79. The molecule has 1 aliphatic heterocycles. The maximum Gasteiger partial charge on any atom is 0.191 e. The first-order chi connectivity index (χ1) is 10.2. The summed E-state index contributed by atoms with van der Waals surface area (Å²) in [5, 5.41) is 11.2. The van der Waals surface area contributed by atoms with Gasteiger partial charge in [-0.1, -0.05) is 5.92 Å². The van der Waals surface area contributed by atoms with Crippen molar-refractivity contribution in [3.63, 3.8) is 0 Å². The molecular formula is C14H22N6S. The zero-order chi connectivity index (χ0) is 15.1. The molecule has 114 valence electrons. The van der Waals surface area contributed by atoms with E-state index in [1.807, 2.05) is 11.6 Å². The predicted octanol–water partition coefficient (Wildman–Crippen LogP) is 0.953. The topological polar surface area (TPSA) is 67.1 Å². The van der Waals surface area contributed by atoms with E-state index in [0.29, 0.717) is 0 Å². The van der Waals surface area contributed by atoms with E-state index < -0.39 is 0 Å². The standard InChI is InChI=1S/C14H22N6S/c1-4-9-21-10-7-16-14(15-3)18-12-6-5-8-20-13(12)17-11(2)19-20/h1,12H,5-10H2,2-3H3,(H2,15,16,18). The first-order valence-electron chi connectivity index (χ1n) is 7.14. The van der Waals surface area contributed by atoms with E-state index in [0.717, 1.165) is 55.0 Å². The molecule has 1 aliphatic rings. The van der Waals surface area contributed by atoms with Crippen molar-refractivity contribution in [3.8, 4) is 12.3 Å². The van der Waals surface area contributed by atoms with Crippen LogP contribution in [0.2, 0.25) is 0 Å². The van der Waals surface area contributed by atoms with Crippen LogP contribution in [0.15, 0.2) is 4.99 Å². The Hall–Kier alpha value is -1.68. The quantitative estimate of drug-likeness (QED) is 0.367. The molecular weight excluding hydrogens is 284 g/mol. The van der Waals surface area contributed by atoms with E-state index in [4.69, 9.17) is 6.42 Å². The minimum Gasteiger partial charge on any atom is -0.356 e. The highest BCUT2D eigenvalue weighted by Gasteiger charge is 2.24. The van der Waals surface area contributed by atoms with E-state index in [-0.39, 0.29) is 6.04 Å². The van der Waals surface area contributed by atoms with Gasteiger partial charge in [0.1, 0.15) is 11.6 Å². The fraction of sp³-hybridized carbons (Fsp3) is 0.643. The van der Waals surface area contributed by atoms with E-state index in [2.05, 4.69) is 31.6 Å². The van der Waals surface area contributed by atoms with Crippen molar-refractivity contribution in [3.05, 3.63) is 11.6 Å². The van der Waals surface area contributed by atoms with Crippen molar-refractivity contribution >= 4 is 17.7 Å². The third kappa shape index (κ3) is 4.39. The number of nitrogens with one attached hydrogen (secondary N) is 2. The highest BCUT2D eigenvalue weighted by atomic mass is 32.2. The smallest absolute Gasteiger partial charge is 0.191 e. The summed E-state index contributed by atoms with van der Waals surface area (Å²) in [6.45, 7) is 3.71. The minimum atomic E-state index is 0.171. The second-order valence-electron chi connectivity index (χ2n) is 4.84. The van der Waals surface area contributed by atoms with Crippen LogP contribution >= 0.6 is 11.8 Å². The summed E-state index contributed by atoms with van der Waals surface area (Å²) in [5.74, 6) is 6.96. The molecule has 0 fully saturated rings. The van der Waals surface area contributed by atoms with Gasteiger partial charge in [0.2, 0.25) is 0 Å². The van der Waals surface area contributed by atoms with Crippen LogP contribution in [0, 0.1) is 19.3 Å². The second-order valence-corrected chi connectivity index (χ2v) is 5.94. The number of aromatic nitrogens is 3. The van der Waals surface area contributed by atoms with Crippen molar-refractivity contribution in [1.29, 1.82) is 0 Å². The monoisotopic (exact) mass is 306 g/mol. The zero-order valence-corrected chi connectivity index (χ0v) is 13.4. The maximum absolute atomic E-state index is 5.23. The molecule has 0 aromatic carbocycles. The second kappa shape index (κ2) is 7.93. The van der Waals surface area contributed by atoms with Crippen molar-refractivity contribution in [2.75, 3.05) is 25.1 Å². The Morgan fingerprint density at radius 2 is 2.48 bits per heavy atom. The van der Waals surface area contributed by atoms with Gasteiger partial charge in [0.25, 0.3) is 0 Å². The van der Waals surface area contributed by atoms with Crippen LogP contribution in [0.5, 0.6) is 0 Å². The minimum absolute atomic E-state index is 0.171. The molecule has 1 atom stereocenters. The molecule has 0 spiro atoms. The van der Waals surface area contributed by atoms with Crippen LogP contribution in [-0.4, -0.2) is 45.8 Å². The number of rotatable bonds is 5. The lowest BCUT2D eigenvalue weighted by molar-refractivity contribution is 0.398. The van der Waals surface area contributed by atoms with Crippen LogP contribution in [0.1, 0.15) is 30.5 Å². The Bertz CT molecular complexity index is 530. The molecule has 2 rings (SSSR count). The number of aliphatic imine (C=N–C) groups is 1. The Labute approximate surface area is 130 Å². The maximum atomic E-state index is 5.23. The average molecular weight is 306 g/mol. The molecule has 0 saturated carbocycles. The molecule has 2 heterocycles. The molecule has 1 aromatic rings. The molecule has 0 aliphatic carbocycles. The number of thioether (sulfide) groups is 1. The SMILES string of the molecule is C#CCSCCNC(=NC)NC1CCCn2nc(C)nc21. The lowest BCUT2D eigenvalue weighted by Crippen LogP contribution is -2.42. The number of terminal acetylenes is 1. The molecule has 6 nitrogen and oxygen atoms in total. The van der Waals surface area contributed by atoms with E-state index in [1.54, 1.807) is 18.8 Å². The summed E-state index contributed by atoms with van der Waals surface area (Å²) in [7, 11) is 1.78. The van der Waals surface area contributed by atoms with E-state index in [9.17, 15) is 0 Å². The summed E-state index contributed by atoms with van der Waals surface area (Å²) >= 11 is 1.74. The molecule has 21 heavy (non-hydrogen) atoms. The third-order valence-electron chi connectivity index (χ3n) is 3.24. The molecule has 0 bridgehead atoms. The van der Waals surface area contributed by atoms with Gasteiger partial charge < -0.3 is 10.6 Å². The Morgan fingerprint density at radius 3 is 3.24 bits per heavy atom. The van der Waals surface area contributed by atoms with Crippen LogP contribution in [0.25, 0.3) is 0 Å². The number of aryl methyl sites for hydroxylation is 2. The fourth-order valence-corrected chi connectivity index (χ4v) is 2.85. The van der Waals surface area contributed by atoms with Gasteiger partial charge in [0.05, 0.1) is 11.8 Å². The van der Waals surface area contributed by atoms with Crippen LogP contribution in [-0.2, 0) is 6.54 Å². The van der Waals surface area contributed by atoms with Gasteiger partial charge in [-0.15, -0.1) is 18.2 Å². The third-order valence-corrected chi connectivity index (χ3v) is 4.10. The molecule has 7 heteroatoms. The number of hydrogen-bond acceptors (Lipinski definition) is 4. The van der Waals surface area contributed by atoms with Crippen LogP contribution in [0.4, 0.5) is 0 Å². The first kappa shape index (κ1) is 15.7. The Kier molecular flexibility index (Phi) is 5.93. The summed E-state index contributed by atoms with van der Waals surface area (Å²) in [5.41, 5.74) is 0. The van der Waals surface area contributed by atoms with Crippen LogP contribution in [0.3, 0.4) is 0 Å². The van der Waals surface area contributed by atoms with Crippen molar-refractivity contribution < 1.29 is 0 Å².